The maximum Gasteiger partial charge on any atom is 0.266 e. The van der Waals surface area contributed by atoms with Crippen molar-refractivity contribution in [3.8, 4) is 5.88 Å². The van der Waals surface area contributed by atoms with Gasteiger partial charge < -0.3 is 9.84 Å². The fourth-order valence-corrected chi connectivity index (χ4v) is 4.32. The molecule has 3 heterocycles. The van der Waals surface area contributed by atoms with Gasteiger partial charge in [-0.15, -0.1) is 0 Å². The van der Waals surface area contributed by atoms with Crippen LogP contribution in [0.15, 0.2) is 59.4 Å². The fourth-order valence-electron chi connectivity index (χ4n) is 4.32. The zero-order valence-corrected chi connectivity index (χ0v) is 17.4. The monoisotopic (exact) mass is 418 g/mol. The van der Waals surface area contributed by atoms with Crippen molar-refractivity contribution in [2.45, 2.75) is 19.4 Å². The summed E-state index contributed by atoms with van der Waals surface area (Å²) in [6.45, 7) is 4.88. The second-order valence-corrected chi connectivity index (χ2v) is 7.96. The van der Waals surface area contributed by atoms with Crippen LogP contribution in [-0.2, 0) is 17.7 Å². The van der Waals surface area contributed by atoms with Crippen molar-refractivity contribution >= 4 is 16.8 Å². The summed E-state index contributed by atoms with van der Waals surface area (Å²) in [7, 11) is 0. The number of aryl methyl sites for hydroxylation is 1. The van der Waals surface area contributed by atoms with Crippen LogP contribution in [0.3, 0.4) is 0 Å². The standard InChI is InChI=1S/C24H26N4O3/c29-22-19(17-18-7-2-1-3-8-18)23(30)28-21-10-5-4-9-20(21)25-24(28)27(22)12-6-11-26-13-15-31-16-14-26/h1-5,7-10,29H,6,11-17H2. The van der Waals surface area contributed by atoms with Crippen LogP contribution >= 0.6 is 0 Å². The topological polar surface area (TPSA) is 72.0 Å². The molecule has 5 rings (SSSR count). The quantitative estimate of drug-likeness (QED) is 0.521. The molecule has 0 radical (unpaired) electrons. The summed E-state index contributed by atoms with van der Waals surface area (Å²) < 4.78 is 8.86. The van der Waals surface area contributed by atoms with Crippen LogP contribution in [0.2, 0.25) is 0 Å². The summed E-state index contributed by atoms with van der Waals surface area (Å²) in [5.41, 5.74) is 2.68. The first kappa shape index (κ1) is 19.8. The van der Waals surface area contributed by atoms with Gasteiger partial charge in [0, 0.05) is 32.6 Å². The van der Waals surface area contributed by atoms with Crippen molar-refractivity contribution in [2.75, 3.05) is 32.8 Å². The second kappa shape index (κ2) is 8.53. The van der Waals surface area contributed by atoms with Gasteiger partial charge in [0.1, 0.15) is 0 Å². The van der Waals surface area contributed by atoms with E-state index in [1.807, 2.05) is 54.6 Å². The van der Waals surface area contributed by atoms with Crippen LogP contribution in [0.5, 0.6) is 5.88 Å². The van der Waals surface area contributed by atoms with E-state index in [4.69, 9.17) is 4.74 Å². The molecule has 0 aliphatic carbocycles. The molecule has 1 fully saturated rings. The molecule has 0 amide bonds. The summed E-state index contributed by atoms with van der Waals surface area (Å²) in [6.07, 6.45) is 1.22. The highest BCUT2D eigenvalue weighted by Crippen LogP contribution is 2.24. The number of aromatic nitrogens is 3. The zero-order valence-electron chi connectivity index (χ0n) is 17.4. The highest BCUT2D eigenvalue weighted by Gasteiger charge is 2.20. The maximum atomic E-state index is 13.4. The average Bonchev–Trinajstić information content (AvgIpc) is 3.20. The Hall–Kier alpha value is -3.16. The summed E-state index contributed by atoms with van der Waals surface area (Å²) >= 11 is 0. The molecule has 1 N–H and O–H groups in total. The molecule has 0 spiro atoms. The third-order valence-electron chi connectivity index (χ3n) is 5.95. The Morgan fingerprint density at radius 1 is 0.968 bits per heavy atom. The molecule has 7 nitrogen and oxygen atoms in total. The Morgan fingerprint density at radius 3 is 2.52 bits per heavy atom. The number of benzene rings is 2. The number of para-hydroxylation sites is 2. The van der Waals surface area contributed by atoms with E-state index < -0.39 is 0 Å². The van der Waals surface area contributed by atoms with E-state index in [1.165, 1.54) is 0 Å². The van der Waals surface area contributed by atoms with Gasteiger partial charge in [-0.25, -0.2) is 9.38 Å². The van der Waals surface area contributed by atoms with Crippen molar-refractivity contribution in [1.82, 2.24) is 18.9 Å². The number of fused-ring (bicyclic) bond motifs is 3. The number of nitrogens with zero attached hydrogens (tertiary/aromatic N) is 4. The number of rotatable bonds is 6. The Balaban J connectivity index is 1.57. The minimum atomic E-state index is -0.213. The Kier molecular flexibility index (Phi) is 5.44. The van der Waals surface area contributed by atoms with Gasteiger partial charge in [-0.1, -0.05) is 42.5 Å². The summed E-state index contributed by atoms with van der Waals surface area (Å²) in [5, 5.41) is 11.2. The molecule has 31 heavy (non-hydrogen) atoms. The van der Waals surface area contributed by atoms with Crippen molar-refractivity contribution in [3.05, 3.63) is 76.1 Å². The molecular weight excluding hydrogens is 392 g/mol. The lowest BCUT2D eigenvalue weighted by atomic mass is 10.1. The van der Waals surface area contributed by atoms with Gasteiger partial charge in [0.05, 0.1) is 29.8 Å². The first-order valence-electron chi connectivity index (χ1n) is 10.8. The Labute approximate surface area is 180 Å². The molecular formula is C24H26N4O3. The molecule has 0 bridgehead atoms. The van der Waals surface area contributed by atoms with Gasteiger partial charge in [0.2, 0.25) is 11.7 Å². The molecule has 0 saturated carbocycles. The normalized spacial score (nSPS) is 15.1. The van der Waals surface area contributed by atoms with Gasteiger partial charge in [0.25, 0.3) is 5.56 Å². The first-order valence-corrected chi connectivity index (χ1v) is 10.8. The minimum Gasteiger partial charge on any atom is -0.494 e. The third kappa shape index (κ3) is 3.82. The average molecular weight is 418 g/mol. The molecule has 2 aromatic heterocycles. The van der Waals surface area contributed by atoms with E-state index >= 15 is 0 Å². The summed E-state index contributed by atoms with van der Waals surface area (Å²) in [6, 6.07) is 17.4. The van der Waals surface area contributed by atoms with Crippen molar-refractivity contribution in [1.29, 1.82) is 0 Å². The van der Waals surface area contributed by atoms with Gasteiger partial charge in [-0.3, -0.25) is 14.3 Å². The van der Waals surface area contributed by atoms with Crippen molar-refractivity contribution in [3.63, 3.8) is 0 Å². The van der Waals surface area contributed by atoms with Gasteiger partial charge in [-0.2, -0.15) is 0 Å². The summed E-state index contributed by atoms with van der Waals surface area (Å²) in [4.78, 5) is 20.5. The highest BCUT2D eigenvalue weighted by molar-refractivity contribution is 5.79. The molecule has 2 aromatic carbocycles. The number of ether oxygens (including phenoxy) is 1. The van der Waals surface area contributed by atoms with E-state index in [9.17, 15) is 9.90 Å². The lowest BCUT2D eigenvalue weighted by Crippen LogP contribution is -2.37. The number of morpholine rings is 1. The molecule has 1 aliphatic heterocycles. The molecule has 0 unspecified atom stereocenters. The van der Waals surface area contributed by atoms with Crippen molar-refractivity contribution in [2.24, 2.45) is 0 Å². The minimum absolute atomic E-state index is 0.0126. The van der Waals surface area contributed by atoms with Gasteiger partial charge >= 0.3 is 0 Å². The van der Waals surface area contributed by atoms with Gasteiger partial charge in [0.15, 0.2) is 0 Å². The lowest BCUT2D eigenvalue weighted by molar-refractivity contribution is 0.0369. The Bertz CT molecular complexity index is 1260. The smallest absolute Gasteiger partial charge is 0.266 e. The molecule has 1 saturated heterocycles. The predicted molar refractivity (Wildman–Crippen MR) is 120 cm³/mol. The van der Waals surface area contributed by atoms with Crippen LogP contribution in [0, 0.1) is 0 Å². The zero-order chi connectivity index (χ0) is 21.2. The largest absolute Gasteiger partial charge is 0.494 e. The highest BCUT2D eigenvalue weighted by atomic mass is 16.5. The Morgan fingerprint density at radius 2 is 1.71 bits per heavy atom. The van der Waals surface area contributed by atoms with Crippen LogP contribution in [0.25, 0.3) is 16.8 Å². The molecule has 1 aliphatic rings. The maximum absolute atomic E-state index is 13.4. The van der Waals surface area contributed by atoms with Crippen molar-refractivity contribution < 1.29 is 9.84 Å². The van der Waals surface area contributed by atoms with E-state index in [-0.39, 0.29) is 11.4 Å². The molecule has 160 valence electrons. The van der Waals surface area contributed by atoms with E-state index in [0.717, 1.165) is 55.9 Å². The number of hydrogen-bond acceptors (Lipinski definition) is 5. The lowest BCUT2D eigenvalue weighted by Gasteiger charge is -2.26. The van der Waals surface area contributed by atoms with Crippen LogP contribution in [0.4, 0.5) is 0 Å². The van der Waals surface area contributed by atoms with Crippen LogP contribution < -0.4 is 5.56 Å². The van der Waals surface area contributed by atoms with E-state index in [2.05, 4.69) is 9.88 Å². The number of imidazole rings is 1. The fraction of sp³-hybridized carbons (Fsp3) is 0.333. The SMILES string of the molecule is O=c1c(Cc2ccccc2)c(O)n(CCCN2CCOCC2)c2nc3ccccc3n12. The molecule has 4 aromatic rings. The number of aromatic hydroxyl groups is 1. The van der Waals surface area contributed by atoms with Gasteiger partial charge in [-0.05, 0) is 24.1 Å². The second-order valence-electron chi connectivity index (χ2n) is 7.96. The molecule has 7 heteroatoms. The van der Waals surface area contributed by atoms with E-state index in [0.29, 0.717) is 24.3 Å². The first-order chi connectivity index (χ1) is 15.2. The molecule has 0 atom stereocenters. The van der Waals surface area contributed by atoms with Crippen LogP contribution in [0.1, 0.15) is 17.5 Å². The summed E-state index contributed by atoms with van der Waals surface area (Å²) in [5.74, 6) is 0.501. The third-order valence-corrected chi connectivity index (χ3v) is 5.95. The van der Waals surface area contributed by atoms with E-state index in [1.54, 1.807) is 8.97 Å². The number of hydrogen-bond donors (Lipinski definition) is 1. The predicted octanol–water partition coefficient (Wildman–Crippen LogP) is 2.67. The van der Waals surface area contributed by atoms with Crippen LogP contribution in [-0.4, -0.2) is 56.8 Å².